The lowest BCUT2D eigenvalue weighted by atomic mass is 9.78. The topological polar surface area (TPSA) is 108 Å². The summed E-state index contributed by atoms with van der Waals surface area (Å²) in [4.78, 5) is 29.6. The molecule has 6 aromatic carbocycles. The fraction of sp³-hybridized carbons (Fsp3) is 0.261. The molecule has 0 aromatic heterocycles. The Kier molecular flexibility index (Phi) is 10.0. The van der Waals surface area contributed by atoms with E-state index in [4.69, 9.17) is 37.9 Å². The van der Waals surface area contributed by atoms with Crippen molar-refractivity contribution in [3.05, 3.63) is 118 Å². The highest BCUT2D eigenvalue weighted by Crippen LogP contribution is 2.55. The van der Waals surface area contributed by atoms with Crippen molar-refractivity contribution in [2.24, 2.45) is 0 Å². The number of hydrogen-bond acceptors (Lipinski definition) is 10. The van der Waals surface area contributed by atoms with Crippen molar-refractivity contribution >= 4 is 33.1 Å². The first-order valence-corrected chi connectivity index (χ1v) is 18.4. The molecule has 56 heavy (non-hydrogen) atoms. The molecule has 0 unspecified atom stereocenters. The highest BCUT2D eigenvalue weighted by atomic mass is 16.5. The largest absolute Gasteiger partial charge is 0.497 e. The SMILES string of the molecule is COc1cc(OC)c2c(OCc3ccccc3)c3c(c(-c4c5c(c(OCc6ccccc6)c6c(OC)cc(OC)cc46)CO[C@@H](C)C5=O)c2c1)C(=O)[C@H](C)OC3. The average Bonchev–Trinajstić information content (AvgIpc) is 3.23. The smallest absolute Gasteiger partial charge is 0.192 e. The van der Waals surface area contributed by atoms with Gasteiger partial charge < -0.3 is 37.9 Å². The molecule has 0 spiro atoms. The van der Waals surface area contributed by atoms with E-state index >= 15 is 0 Å². The van der Waals surface area contributed by atoms with Crippen molar-refractivity contribution in [2.45, 2.75) is 52.5 Å². The molecular formula is C46H42O10. The third-order valence-corrected chi connectivity index (χ3v) is 10.6. The predicted octanol–water partition coefficient (Wildman–Crippen LogP) is 9.06. The van der Waals surface area contributed by atoms with Crippen LogP contribution >= 0.6 is 0 Å². The Bertz CT molecular complexity index is 2320. The van der Waals surface area contributed by atoms with Gasteiger partial charge in [0, 0.05) is 56.3 Å². The highest BCUT2D eigenvalue weighted by molar-refractivity contribution is 6.25. The summed E-state index contributed by atoms with van der Waals surface area (Å²) in [5.41, 5.74) is 4.74. The number of carbonyl (C=O) groups is 2. The molecule has 8 rings (SSSR count). The number of ether oxygens (including phenoxy) is 8. The lowest BCUT2D eigenvalue weighted by Crippen LogP contribution is -2.31. The minimum absolute atomic E-state index is 0.0724. The van der Waals surface area contributed by atoms with E-state index in [0.717, 1.165) is 11.1 Å². The zero-order chi connectivity index (χ0) is 39.1. The second kappa shape index (κ2) is 15.2. The monoisotopic (exact) mass is 754 g/mol. The summed E-state index contributed by atoms with van der Waals surface area (Å²) in [6.07, 6.45) is -1.57. The Labute approximate surface area is 324 Å². The van der Waals surface area contributed by atoms with Gasteiger partial charge in [0.2, 0.25) is 0 Å². The van der Waals surface area contributed by atoms with E-state index < -0.39 is 12.2 Å². The van der Waals surface area contributed by atoms with Crippen LogP contribution in [0.4, 0.5) is 0 Å². The molecule has 0 saturated carbocycles. The van der Waals surface area contributed by atoms with Gasteiger partial charge in [-0.25, -0.2) is 0 Å². The lowest BCUT2D eigenvalue weighted by molar-refractivity contribution is 0.0323. The molecule has 0 radical (unpaired) electrons. The number of carbonyl (C=O) groups excluding carboxylic acids is 2. The molecule has 0 N–H and O–H groups in total. The minimum Gasteiger partial charge on any atom is -0.497 e. The van der Waals surface area contributed by atoms with Crippen molar-refractivity contribution in [1.82, 2.24) is 0 Å². The van der Waals surface area contributed by atoms with Gasteiger partial charge in [-0.05, 0) is 37.1 Å². The van der Waals surface area contributed by atoms with Gasteiger partial charge in [-0.2, -0.15) is 0 Å². The van der Waals surface area contributed by atoms with Gasteiger partial charge in [-0.1, -0.05) is 60.7 Å². The van der Waals surface area contributed by atoms with E-state index in [2.05, 4.69) is 0 Å². The fourth-order valence-corrected chi connectivity index (χ4v) is 7.79. The Morgan fingerprint density at radius 3 is 1.29 bits per heavy atom. The quantitative estimate of drug-likeness (QED) is 0.127. The van der Waals surface area contributed by atoms with Crippen molar-refractivity contribution < 1.29 is 47.5 Å². The maximum absolute atomic E-state index is 14.8. The molecule has 286 valence electrons. The van der Waals surface area contributed by atoms with E-state index in [1.807, 2.05) is 72.8 Å². The van der Waals surface area contributed by atoms with Crippen LogP contribution in [0, 0.1) is 0 Å². The molecule has 10 nitrogen and oxygen atoms in total. The van der Waals surface area contributed by atoms with Crippen LogP contribution in [-0.4, -0.2) is 52.2 Å². The maximum atomic E-state index is 14.8. The first-order chi connectivity index (χ1) is 27.3. The Hall–Kier alpha value is -6.10. The first kappa shape index (κ1) is 36.9. The summed E-state index contributed by atoms with van der Waals surface area (Å²) >= 11 is 0. The second-order valence-electron chi connectivity index (χ2n) is 13.8. The number of rotatable bonds is 11. The van der Waals surface area contributed by atoms with Crippen LogP contribution in [0.5, 0.6) is 34.5 Å². The van der Waals surface area contributed by atoms with Gasteiger partial charge in [0.1, 0.15) is 59.9 Å². The Balaban J connectivity index is 1.55. The standard InChI is InChI=1S/C46H42O10/c1-25-43(47)41-33(23-53-25)45(55-21-27-13-9-7-10-14-27)37-31(17-29(49-3)19-35(37)51-5)39(41)40-32-18-30(50-4)20-36(52-6)38(32)46(56-22-28-15-11-8-12-16-28)34-24-54-26(2)44(48)42(34)40/h7-20,25-26H,21-24H2,1-6H3/t25-,26-/m0/s1. The number of fused-ring (bicyclic) bond motifs is 4. The van der Waals surface area contributed by atoms with E-state index in [9.17, 15) is 9.59 Å². The van der Waals surface area contributed by atoms with Gasteiger partial charge in [-0.15, -0.1) is 0 Å². The number of ketones is 2. The molecule has 0 aliphatic carbocycles. The first-order valence-electron chi connectivity index (χ1n) is 18.4. The zero-order valence-electron chi connectivity index (χ0n) is 32.1. The molecule has 2 aliphatic heterocycles. The number of hydrogen-bond donors (Lipinski definition) is 0. The summed E-state index contributed by atoms with van der Waals surface area (Å²) < 4.78 is 49.5. The molecular weight excluding hydrogens is 712 g/mol. The molecule has 0 bridgehead atoms. The van der Waals surface area contributed by atoms with Gasteiger partial charge in [0.15, 0.2) is 11.6 Å². The molecule has 0 saturated heterocycles. The number of methoxy groups -OCH3 is 4. The van der Waals surface area contributed by atoms with Crippen molar-refractivity contribution in [1.29, 1.82) is 0 Å². The lowest BCUT2D eigenvalue weighted by Gasteiger charge is -2.32. The zero-order valence-corrected chi connectivity index (χ0v) is 32.1. The minimum atomic E-state index is -0.786. The average molecular weight is 755 g/mol. The van der Waals surface area contributed by atoms with Gasteiger partial charge >= 0.3 is 0 Å². The van der Waals surface area contributed by atoms with Crippen LogP contribution in [0.15, 0.2) is 84.9 Å². The molecule has 2 atom stereocenters. The second-order valence-corrected chi connectivity index (χ2v) is 13.8. The third kappa shape index (κ3) is 6.24. The van der Waals surface area contributed by atoms with Crippen molar-refractivity contribution in [3.8, 4) is 45.6 Å². The Morgan fingerprint density at radius 2 is 0.929 bits per heavy atom. The molecule has 2 aliphatic rings. The highest BCUT2D eigenvalue weighted by Gasteiger charge is 2.40. The van der Waals surface area contributed by atoms with E-state index in [-0.39, 0.29) is 38.0 Å². The van der Waals surface area contributed by atoms with Crippen molar-refractivity contribution in [2.75, 3.05) is 28.4 Å². The molecule has 0 fully saturated rings. The van der Waals surface area contributed by atoms with Gasteiger partial charge in [0.05, 0.1) is 52.4 Å². The van der Waals surface area contributed by atoms with E-state index in [1.165, 1.54) is 0 Å². The van der Waals surface area contributed by atoms with Crippen LogP contribution in [-0.2, 0) is 35.9 Å². The van der Waals surface area contributed by atoms with Gasteiger partial charge in [0.25, 0.3) is 0 Å². The molecule has 0 amide bonds. The van der Waals surface area contributed by atoms with Crippen LogP contribution in [0.3, 0.4) is 0 Å². The summed E-state index contributed by atoms with van der Waals surface area (Å²) in [6.45, 7) is 4.04. The molecule has 2 heterocycles. The molecule has 10 heteroatoms. The number of benzene rings is 6. The summed E-state index contributed by atoms with van der Waals surface area (Å²) in [6, 6.07) is 26.8. The third-order valence-electron chi connectivity index (χ3n) is 10.6. The summed E-state index contributed by atoms with van der Waals surface area (Å²) in [5.74, 6) is 2.25. The fourth-order valence-electron chi connectivity index (χ4n) is 7.79. The summed E-state index contributed by atoms with van der Waals surface area (Å²) in [7, 11) is 6.29. The van der Waals surface area contributed by atoms with E-state index in [0.29, 0.717) is 89.4 Å². The van der Waals surface area contributed by atoms with Crippen LogP contribution in [0.2, 0.25) is 0 Å². The maximum Gasteiger partial charge on any atom is 0.192 e. The number of Topliss-reactive ketones (excluding diaryl/α,β-unsaturated/α-hetero) is 2. The van der Waals surface area contributed by atoms with Gasteiger partial charge in [-0.3, -0.25) is 9.59 Å². The normalized spacial score (nSPS) is 16.3. The predicted molar refractivity (Wildman–Crippen MR) is 212 cm³/mol. The van der Waals surface area contributed by atoms with Crippen LogP contribution < -0.4 is 28.4 Å². The van der Waals surface area contributed by atoms with Crippen LogP contribution in [0.1, 0.15) is 56.8 Å². The van der Waals surface area contributed by atoms with Crippen LogP contribution in [0.25, 0.3) is 32.7 Å². The Morgan fingerprint density at radius 1 is 0.536 bits per heavy atom. The summed E-state index contributed by atoms with van der Waals surface area (Å²) in [5, 5.41) is 2.36. The van der Waals surface area contributed by atoms with Crippen molar-refractivity contribution in [3.63, 3.8) is 0 Å². The van der Waals surface area contributed by atoms with E-state index in [1.54, 1.807) is 54.4 Å². The molecule has 6 aromatic rings.